The Balaban J connectivity index is 1.28. The molecule has 0 saturated carbocycles. The fraction of sp³-hybridized carbons (Fsp3) is 0.364. The van der Waals surface area contributed by atoms with Gasteiger partial charge in [0.05, 0.1) is 4.90 Å². The highest BCUT2D eigenvalue weighted by molar-refractivity contribution is 7.89. The van der Waals surface area contributed by atoms with E-state index in [4.69, 9.17) is 0 Å². The van der Waals surface area contributed by atoms with E-state index in [0.29, 0.717) is 30.4 Å². The maximum Gasteiger partial charge on any atom is 0.242 e. The summed E-state index contributed by atoms with van der Waals surface area (Å²) >= 11 is 0. The number of hydrogen-bond acceptors (Lipinski definition) is 5. The van der Waals surface area contributed by atoms with Gasteiger partial charge in [0, 0.05) is 26.7 Å². The van der Waals surface area contributed by atoms with Crippen LogP contribution in [0.1, 0.15) is 36.3 Å². The van der Waals surface area contributed by atoms with Gasteiger partial charge in [0.1, 0.15) is 6.09 Å². The largest absolute Gasteiger partial charge is 0.530 e. The van der Waals surface area contributed by atoms with Gasteiger partial charge in [0.2, 0.25) is 10.0 Å². The van der Waals surface area contributed by atoms with Gasteiger partial charge in [-0.15, -0.1) is 0 Å². The van der Waals surface area contributed by atoms with Crippen LogP contribution in [0, 0.1) is 5.92 Å². The topological polar surface area (TPSA) is 84.0 Å². The summed E-state index contributed by atoms with van der Waals surface area (Å²) in [6.07, 6.45) is 5.82. The van der Waals surface area contributed by atoms with Crippen LogP contribution in [-0.4, -0.2) is 68.4 Å². The van der Waals surface area contributed by atoms with Gasteiger partial charge in [-0.2, -0.15) is 0 Å². The summed E-state index contributed by atoms with van der Waals surface area (Å²) in [6.45, 7) is 3.86. The second-order valence-electron chi connectivity index (χ2n) is 10.7. The van der Waals surface area contributed by atoms with Crippen molar-refractivity contribution in [3.63, 3.8) is 0 Å². The van der Waals surface area contributed by atoms with E-state index < -0.39 is 16.1 Å². The number of nitrogens with zero attached hydrogens (tertiary/aromatic N) is 3. The Kier molecular flexibility index (Phi) is 11.1. The van der Waals surface area contributed by atoms with Crippen molar-refractivity contribution >= 4 is 16.1 Å². The van der Waals surface area contributed by atoms with E-state index in [1.54, 1.807) is 31.3 Å². The van der Waals surface area contributed by atoms with Gasteiger partial charge in [0.25, 0.3) is 0 Å². The van der Waals surface area contributed by atoms with Crippen LogP contribution in [0.25, 0.3) is 0 Å². The van der Waals surface area contributed by atoms with Gasteiger partial charge in [-0.05, 0) is 74.0 Å². The van der Waals surface area contributed by atoms with E-state index in [1.807, 2.05) is 60.7 Å². The maximum absolute atomic E-state index is 13.2. The van der Waals surface area contributed by atoms with E-state index in [0.717, 1.165) is 50.0 Å². The molecule has 4 rings (SSSR count). The van der Waals surface area contributed by atoms with Gasteiger partial charge < -0.3 is 19.7 Å². The van der Waals surface area contributed by atoms with Crippen molar-refractivity contribution in [3.05, 3.63) is 114 Å². The van der Waals surface area contributed by atoms with E-state index in [2.05, 4.69) is 23.1 Å². The highest BCUT2D eigenvalue weighted by Gasteiger charge is 2.25. The van der Waals surface area contributed by atoms with Crippen molar-refractivity contribution in [2.45, 2.75) is 36.6 Å². The van der Waals surface area contributed by atoms with Crippen molar-refractivity contribution in [1.82, 2.24) is 14.1 Å². The average Bonchev–Trinajstić information content (AvgIpc) is 3.00. The number of sulfonamides is 1. The molecule has 41 heavy (non-hydrogen) atoms. The fourth-order valence-electron chi connectivity index (χ4n) is 5.36. The number of amides is 1. The zero-order valence-corrected chi connectivity index (χ0v) is 24.5. The maximum atomic E-state index is 13.2. The van der Waals surface area contributed by atoms with Crippen LogP contribution >= 0.6 is 0 Å². The van der Waals surface area contributed by atoms with Crippen molar-refractivity contribution in [1.29, 1.82) is 0 Å². The van der Waals surface area contributed by atoms with Crippen molar-refractivity contribution < 1.29 is 18.3 Å². The molecule has 7 nitrogen and oxygen atoms in total. The van der Waals surface area contributed by atoms with Crippen LogP contribution in [0.2, 0.25) is 0 Å². The number of carbonyl (C=O) groups excluding carboxylic acids is 1. The number of carboxylic acid groups (broad SMARTS) is 1. The highest BCUT2D eigenvalue weighted by atomic mass is 32.2. The first-order valence-electron chi connectivity index (χ1n) is 14.3. The molecule has 1 saturated heterocycles. The highest BCUT2D eigenvalue weighted by Crippen LogP contribution is 2.26. The number of hydrogen-bond donors (Lipinski definition) is 0. The molecule has 1 heterocycles. The van der Waals surface area contributed by atoms with Crippen LogP contribution in [0.3, 0.4) is 0 Å². The van der Waals surface area contributed by atoms with E-state index in [-0.39, 0.29) is 5.92 Å². The van der Waals surface area contributed by atoms with Gasteiger partial charge >= 0.3 is 0 Å². The van der Waals surface area contributed by atoms with E-state index in [1.165, 1.54) is 9.21 Å². The Morgan fingerprint density at radius 2 is 1.54 bits per heavy atom. The lowest BCUT2D eigenvalue weighted by Gasteiger charge is -2.32. The molecule has 1 aliphatic rings. The molecule has 0 spiro atoms. The summed E-state index contributed by atoms with van der Waals surface area (Å²) in [5, 5.41) is 11.6. The Morgan fingerprint density at radius 1 is 0.951 bits per heavy atom. The minimum absolute atomic E-state index is 0.0810. The number of allylic oxidation sites excluding steroid dienone is 1. The molecular formula is C33H40N3O4S-. The Morgan fingerprint density at radius 3 is 2.15 bits per heavy atom. The Bertz CT molecular complexity index is 1340. The molecule has 1 amide bonds. The molecule has 0 bridgehead atoms. The van der Waals surface area contributed by atoms with Crippen molar-refractivity contribution in [2.75, 3.05) is 39.8 Å². The zero-order valence-electron chi connectivity index (χ0n) is 23.7. The zero-order chi connectivity index (χ0) is 29.1. The van der Waals surface area contributed by atoms with Crippen LogP contribution in [0.4, 0.5) is 4.79 Å². The summed E-state index contributed by atoms with van der Waals surface area (Å²) in [5.41, 5.74) is 2.09. The monoisotopic (exact) mass is 574 g/mol. The van der Waals surface area contributed by atoms with Gasteiger partial charge in [-0.3, -0.25) is 0 Å². The Labute approximate surface area is 244 Å². The predicted molar refractivity (Wildman–Crippen MR) is 161 cm³/mol. The fourth-order valence-corrected chi connectivity index (χ4v) is 6.60. The summed E-state index contributed by atoms with van der Waals surface area (Å²) in [7, 11) is -1.90. The van der Waals surface area contributed by atoms with Crippen LogP contribution in [0.5, 0.6) is 0 Å². The molecule has 0 aromatic heterocycles. The molecule has 3 aromatic carbocycles. The molecule has 8 heteroatoms. The summed E-state index contributed by atoms with van der Waals surface area (Å²) < 4.78 is 27.8. The third-order valence-electron chi connectivity index (χ3n) is 7.83. The molecule has 0 radical (unpaired) electrons. The summed E-state index contributed by atoms with van der Waals surface area (Å²) in [4.78, 5) is 15.7. The van der Waals surface area contributed by atoms with Gasteiger partial charge in [-0.25, -0.2) is 12.7 Å². The third-order valence-corrected chi connectivity index (χ3v) is 9.67. The third kappa shape index (κ3) is 9.01. The van der Waals surface area contributed by atoms with Gasteiger partial charge in [-0.1, -0.05) is 91.0 Å². The minimum Gasteiger partial charge on any atom is -0.530 e. The molecular weight excluding hydrogens is 534 g/mol. The molecule has 218 valence electrons. The first-order valence-corrected chi connectivity index (χ1v) is 15.7. The predicted octanol–water partition coefficient (Wildman–Crippen LogP) is 4.59. The molecule has 1 unspecified atom stereocenters. The first kappa shape index (κ1) is 30.5. The first-order chi connectivity index (χ1) is 19.8. The molecule has 1 aliphatic heterocycles. The normalized spacial score (nSPS) is 15.8. The standard InChI is InChI=1S/C33H41N3O4S/c1-34(41(39,40)32-17-9-4-10-18-32)27-31(30-15-7-3-8-16-30)21-25-35-23-19-28(20-24-35)14-11-22-36(33(37)38)26-29-12-5-2-6-13-29/h2-18,28,31H,19-27H2,1H3,(H,37,38)/p-1. The lowest BCUT2D eigenvalue weighted by Crippen LogP contribution is -2.40. The second kappa shape index (κ2) is 15.0. The van der Waals surface area contributed by atoms with E-state index >= 15 is 0 Å². The number of likely N-dealkylation sites (N-methyl/N-ethyl adjacent to an activating group) is 1. The van der Waals surface area contributed by atoms with E-state index in [9.17, 15) is 18.3 Å². The smallest absolute Gasteiger partial charge is 0.242 e. The number of carbonyl (C=O) groups is 1. The molecule has 0 aliphatic carbocycles. The van der Waals surface area contributed by atoms with Crippen LogP contribution < -0.4 is 5.11 Å². The SMILES string of the molecule is CN(CC(CCN1CCC(C=CCN(Cc2ccccc2)C(=O)[O-])CC1)c1ccccc1)S(=O)(=O)c1ccccc1. The number of piperidine rings is 1. The van der Waals surface area contributed by atoms with Crippen molar-refractivity contribution in [2.24, 2.45) is 5.92 Å². The second-order valence-corrected chi connectivity index (χ2v) is 12.8. The molecule has 1 fully saturated rings. The summed E-state index contributed by atoms with van der Waals surface area (Å²) in [5.74, 6) is 0.496. The number of rotatable bonds is 13. The quantitative estimate of drug-likeness (QED) is 0.279. The number of likely N-dealkylation sites (tertiary alicyclic amines) is 1. The Hall–Kier alpha value is -3.46. The van der Waals surface area contributed by atoms with Crippen LogP contribution in [-0.2, 0) is 16.6 Å². The lowest BCUT2D eigenvalue weighted by atomic mass is 9.93. The average molecular weight is 575 g/mol. The summed E-state index contributed by atoms with van der Waals surface area (Å²) in [6, 6.07) is 28.3. The van der Waals surface area contributed by atoms with Crippen molar-refractivity contribution in [3.8, 4) is 0 Å². The molecule has 1 atom stereocenters. The molecule has 3 aromatic rings. The number of benzene rings is 3. The van der Waals surface area contributed by atoms with Crippen LogP contribution in [0.15, 0.2) is 108 Å². The van der Waals surface area contributed by atoms with Gasteiger partial charge in [0.15, 0.2) is 0 Å². The lowest BCUT2D eigenvalue weighted by molar-refractivity contribution is -0.265. The molecule has 0 N–H and O–H groups in total. The minimum atomic E-state index is -3.56.